The van der Waals surface area contributed by atoms with Gasteiger partial charge in [0, 0.05) is 22.3 Å². The van der Waals surface area contributed by atoms with E-state index in [9.17, 15) is 0 Å². The van der Waals surface area contributed by atoms with Gasteiger partial charge in [-0.2, -0.15) is 0 Å². The Bertz CT molecular complexity index is 374. The van der Waals surface area contributed by atoms with Crippen molar-refractivity contribution in [2.45, 2.75) is 20.8 Å². The molecule has 0 aliphatic carbocycles. The molecule has 0 heterocycles. The second kappa shape index (κ2) is 6.31. The highest BCUT2D eigenvalue weighted by molar-refractivity contribution is 9.09. The van der Waals surface area contributed by atoms with Gasteiger partial charge in [-0.25, -0.2) is 0 Å². The van der Waals surface area contributed by atoms with E-state index in [-0.39, 0.29) is 5.41 Å². The van der Waals surface area contributed by atoms with E-state index < -0.39 is 0 Å². The largest absolute Gasteiger partial charge is 0.492 e. The van der Waals surface area contributed by atoms with Gasteiger partial charge in [0.25, 0.3) is 0 Å². The topological polar surface area (TPSA) is 9.23 Å². The summed E-state index contributed by atoms with van der Waals surface area (Å²) in [6.07, 6.45) is 0. The molecule has 1 aromatic rings. The molecule has 0 saturated carbocycles. The van der Waals surface area contributed by atoms with Crippen LogP contribution < -0.4 is 4.74 Å². The van der Waals surface area contributed by atoms with Crippen molar-refractivity contribution in [3.8, 4) is 5.75 Å². The van der Waals surface area contributed by atoms with Crippen molar-refractivity contribution < 1.29 is 4.74 Å². The quantitative estimate of drug-likeness (QED) is 0.664. The summed E-state index contributed by atoms with van der Waals surface area (Å²) in [4.78, 5) is 0. The molecular weight excluding hydrogens is 323 g/mol. The lowest BCUT2D eigenvalue weighted by molar-refractivity contribution is 0.166. The van der Waals surface area contributed by atoms with E-state index in [1.807, 2.05) is 0 Å². The molecule has 0 amide bonds. The zero-order valence-corrected chi connectivity index (χ0v) is 13.4. The molecular formula is C13H17BrCl2O. The summed E-state index contributed by atoms with van der Waals surface area (Å²) >= 11 is 15.5. The molecule has 1 rings (SSSR count). The van der Waals surface area contributed by atoms with E-state index in [1.54, 1.807) is 18.2 Å². The SMILES string of the molecule is CC(C)(C)C(CBr)COc1cc(Cl)ccc1Cl. The first-order valence-electron chi connectivity index (χ1n) is 5.48. The molecule has 4 heteroatoms. The first-order chi connectivity index (χ1) is 7.84. The number of benzene rings is 1. The van der Waals surface area contributed by atoms with Crippen LogP contribution in [0.15, 0.2) is 18.2 Å². The van der Waals surface area contributed by atoms with Crippen molar-refractivity contribution in [2.75, 3.05) is 11.9 Å². The Labute approximate surface area is 122 Å². The third-order valence-electron chi connectivity index (χ3n) is 2.74. The fraction of sp³-hybridized carbons (Fsp3) is 0.538. The Hall–Kier alpha value is 0.0800. The first-order valence-corrected chi connectivity index (χ1v) is 7.36. The summed E-state index contributed by atoms with van der Waals surface area (Å²) in [6.45, 7) is 7.21. The van der Waals surface area contributed by atoms with Gasteiger partial charge in [-0.05, 0) is 17.5 Å². The van der Waals surface area contributed by atoms with E-state index >= 15 is 0 Å². The van der Waals surface area contributed by atoms with E-state index in [4.69, 9.17) is 27.9 Å². The standard InChI is InChI=1S/C13H17BrCl2O/c1-13(2,3)9(7-14)8-17-12-6-10(15)4-5-11(12)16/h4-6,9H,7-8H2,1-3H3. The third kappa shape index (κ3) is 4.69. The third-order valence-corrected chi connectivity index (χ3v) is 4.07. The lowest BCUT2D eigenvalue weighted by Gasteiger charge is -2.29. The van der Waals surface area contributed by atoms with Crippen LogP contribution in [0, 0.1) is 11.3 Å². The average molecular weight is 340 g/mol. The zero-order valence-electron chi connectivity index (χ0n) is 10.3. The summed E-state index contributed by atoms with van der Waals surface area (Å²) < 4.78 is 5.75. The summed E-state index contributed by atoms with van der Waals surface area (Å²) in [5, 5.41) is 2.13. The minimum Gasteiger partial charge on any atom is -0.492 e. The normalized spacial score (nSPS) is 13.5. The van der Waals surface area contributed by atoms with E-state index in [0.29, 0.717) is 28.3 Å². The Kier molecular flexibility index (Phi) is 5.62. The first kappa shape index (κ1) is 15.1. The number of ether oxygens (including phenoxy) is 1. The number of hydrogen-bond donors (Lipinski definition) is 0. The van der Waals surface area contributed by atoms with Crippen LogP contribution in [0.2, 0.25) is 10.0 Å². The second-order valence-electron chi connectivity index (χ2n) is 5.10. The Morgan fingerprint density at radius 2 is 1.94 bits per heavy atom. The number of hydrogen-bond acceptors (Lipinski definition) is 1. The fourth-order valence-corrected chi connectivity index (χ4v) is 2.80. The minimum atomic E-state index is 0.189. The number of rotatable bonds is 4. The molecule has 0 aliphatic rings. The highest BCUT2D eigenvalue weighted by Gasteiger charge is 2.24. The maximum Gasteiger partial charge on any atom is 0.139 e. The molecule has 17 heavy (non-hydrogen) atoms. The molecule has 0 aromatic heterocycles. The number of halogens is 3. The van der Waals surface area contributed by atoms with Crippen molar-refractivity contribution in [2.24, 2.45) is 11.3 Å². The second-order valence-corrected chi connectivity index (χ2v) is 6.59. The van der Waals surface area contributed by atoms with Crippen LogP contribution in [-0.2, 0) is 0 Å². The maximum atomic E-state index is 6.04. The summed E-state index contributed by atoms with van der Waals surface area (Å²) in [7, 11) is 0. The van der Waals surface area contributed by atoms with Gasteiger partial charge in [0.2, 0.25) is 0 Å². The molecule has 0 spiro atoms. The predicted octanol–water partition coefficient (Wildman–Crippen LogP) is 5.43. The van der Waals surface area contributed by atoms with Gasteiger partial charge >= 0.3 is 0 Å². The van der Waals surface area contributed by atoms with E-state index in [0.717, 1.165) is 5.33 Å². The van der Waals surface area contributed by atoms with Gasteiger partial charge in [-0.3, -0.25) is 0 Å². The summed E-state index contributed by atoms with van der Waals surface area (Å²) in [5.41, 5.74) is 0.189. The van der Waals surface area contributed by atoms with Crippen molar-refractivity contribution in [3.05, 3.63) is 28.2 Å². The van der Waals surface area contributed by atoms with E-state index in [2.05, 4.69) is 36.7 Å². The smallest absolute Gasteiger partial charge is 0.139 e. The Morgan fingerprint density at radius 1 is 1.29 bits per heavy atom. The molecule has 0 N–H and O–H groups in total. The number of alkyl halides is 1. The van der Waals surface area contributed by atoms with Crippen LogP contribution in [0.25, 0.3) is 0 Å². The van der Waals surface area contributed by atoms with Gasteiger partial charge in [0.15, 0.2) is 0 Å². The molecule has 0 fully saturated rings. The van der Waals surface area contributed by atoms with Gasteiger partial charge in [-0.1, -0.05) is 59.9 Å². The van der Waals surface area contributed by atoms with Crippen molar-refractivity contribution >= 4 is 39.1 Å². The maximum absolute atomic E-state index is 6.04. The molecule has 1 atom stereocenters. The summed E-state index contributed by atoms with van der Waals surface area (Å²) in [5.74, 6) is 1.06. The minimum absolute atomic E-state index is 0.189. The molecule has 1 aromatic carbocycles. The van der Waals surface area contributed by atoms with Crippen LogP contribution in [0.4, 0.5) is 0 Å². The zero-order chi connectivity index (χ0) is 13.1. The molecule has 1 nitrogen and oxygen atoms in total. The molecule has 0 aliphatic heterocycles. The average Bonchev–Trinajstić information content (AvgIpc) is 2.22. The van der Waals surface area contributed by atoms with Gasteiger partial charge in [0.1, 0.15) is 5.75 Å². The van der Waals surface area contributed by atoms with Crippen molar-refractivity contribution in [1.82, 2.24) is 0 Å². The van der Waals surface area contributed by atoms with Gasteiger partial charge < -0.3 is 4.74 Å². The molecule has 0 radical (unpaired) electrons. The Morgan fingerprint density at radius 3 is 2.47 bits per heavy atom. The van der Waals surface area contributed by atoms with Gasteiger partial charge in [-0.15, -0.1) is 0 Å². The monoisotopic (exact) mass is 338 g/mol. The lowest BCUT2D eigenvalue weighted by Crippen LogP contribution is -2.27. The highest BCUT2D eigenvalue weighted by atomic mass is 79.9. The molecule has 0 saturated heterocycles. The molecule has 0 bridgehead atoms. The lowest BCUT2D eigenvalue weighted by atomic mass is 9.83. The molecule has 1 unspecified atom stereocenters. The fourth-order valence-electron chi connectivity index (χ4n) is 1.30. The van der Waals surface area contributed by atoms with Crippen molar-refractivity contribution in [1.29, 1.82) is 0 Å². The van der Waals surface area contributed by atoms with Crippen LogP contribution in [0.5, 0.6) is 5.75 Å². The van der Waals surface area contributed by atoms with Crippen LogP contribution in [0.3, 0.4) is 0 Å². The predicted molar refractivity (Wildman–Crippen MR) is 78.7 cm³/mol. The Balaban J connectivity index is 2.69. The van der Waals surface area contributed by atoms with Crippen LogP contribution in [-0.4, -0.2) is 11.9 Å². The van der Waals surface area contributed by atoms with Gasteiger partial charge in [0.05, 0.1) is 11.6 Å². The van der Waals surface area contributed by atoms with Crippen molar-refractivity contribution in [3.63, 3.8) is 0 Å². The molecule has 96 valence electrons. The summed E-state index contributed by atoms with van der Waals surface area (Å²) in [6, 6.07) is 5.25. The highest BCUT2D eigenvalue weighted by Crippen LogP contribution is 2.31. The van der Waals surface area contributed by atoms with E-state index in [1.165, 1.54) is 0 Å². The van der Waals surface area contributed by atoms with Crippen LogP contribution >= 0.6 is 39.1 Å². The van der Waals surface area contributed by atoms with Crippen LogP contribution in [0.1, 0.15) is 20.8 Å².